The van der Waals surface area contributed by atoms with Crippen LogP contribution in [0.1, 0.15) is 5.56 Å². The smallest absolute Gasteiger partial charge is 0.219 e. The predicted molar refractivity (Wildman–Crippen MR) is 120 cm³/mol. The van der Waals surface area contributed by atoms with E-state index in [1.807, 2.05) is 30.5 Å². The van der Waals surface area contributed by atoms with Crippen LogP contribution in [0.5, 0.6) is 11.6 Å². The van der Waals surface area contributed by atoms with Crippen molar-refractivity contribution in [3.05, 3.63) is 48.4 Å². The van der Waals surface area contributed by atoms with Crippen molar-refractivity contribution in [3.63, 3.8) is 0 Å². The first kappa shape index (κ1) is 20.0. The van der Waals surface area contributed by atoms with Crippen molar-refractivity contribution < 1.29 is 14.6 Å². The molecule has 1 aliphatic rings. The summed E-state index contributed by atoms with van der Waals surface area (Å²) in [6.45, 7) is 3.12. The van der Waals surface area contributed by atoms with Gasteiger partial charge in [-0.2, -0.15) is 0 Å². The molecule has 4 aromatic rings. The Kier molecular flexibility index (Phi) is 5.20. The van der Waals surface area contributed by atoms with Gasteiger partial charge in [-0.3, -0.25) is 0 Å². The minimum absolute atomic E-state index is 0.0744. The average Bonchev–Trinajstić information content (AvgIpc) is 3.15. The standard InChI is InChI=1S/C22H23N7O3/c1-31-16-4-2-14(3-5-16)12-29-13-17-18(21(29)30)26-19(15-10-24-22(23)25-11-15)27-20(17)28-6-8-32-9-7-28/h2-5,10-11,13,30H,6-9,12H2,1H3,(H2,23,24,25). The highest BCUT2D eigenvalue weighted by atomic mass is 16.5. The van der Waals surface area contributed by atoms with Crippen molar-refractivity contribution in [1.82, 2.24) is 24.5 Å². The van der Waals surface area contributed by atoms with Crippen LogP contribution in [0.4, 0.5) is 11.8 Å². The van der Waals surface area contributed by atoms with E-state index in [0.717, 1.165) is 22.5 Å². The van der Waals surface area contributed by atoms with Crippen LogP contribution in [0.15, 0.2) is 42.9 Å². The number of morpholine rings is 1. The molecule has 3 N–H and O–H groups in total. The zero-order chi connectivity index (χ0) is 22.1. The molecule has 0 saturated carbocycles. The molecule has 164 valence electrons. The van der Waals surface area contributed by atoms with Gasteiger partial charge in [-0.15, -0.1) is 0 Å². The Morgan fingerprint density at radius 2 is 1.81 bits per heavy atom. The molecule has 0 spiro atoms. The molecule has 5 rings (SSSR count). The number of nitrogen functional groups attached to an aromatic ring is 1. The first-order chi connectivity index (χ1) is 15.6. The van der Waals surface area contributed by atoms with Crippen LogP contribution >= 0.6 is 0 Å². The third kappa shape index (κ3) is 3.76. The highest BCUT2D eigenvalue weighted by Crippen LogP contribution is 2.34. The predicted octanol–water partition coefficient (Wildman–Crippen LogP) is 2.07. The summed E-state index contributed by atoms with van der Waals surface area (Å²) < 4.78 is 12.5. The second kappa shape index (κ2) is 8.31. The lowest BCUT2D eigenvalue weighted by atomic mass is 10.2. The zero-order valence-corrected chi connectivity index (χ0v) is 17.6. The summed E-state index contributed by atoms with van der Waals surface area (Å²) in [6.07, 6.45) is 5.05. The van der Waals surface area contributed by atoms with Gasteiger partial charge >= 0.3 is 0 Å². The minimum Gasteiger partial charge on any atom is -0.497 e. The van der Waals surface area contributed by atoms with Gasteiger partial charge in [0.05, 0.1) is 37.8 Å². The fourth-order valence-corrected chi connectivity index (χ4v) is 3.75. The Morgan fingerprint density at radius 1 is 1.09 bits per heavy atom. The van der Waals surface area contributed by atoms with E-state index in [-0.39, 0.29) is 11.8 Å². The quantitative estimate of drug-likeness (QED) is 0.486. The highest BCUT2D eigenvalue weighted by molar-refractivity contribution is 5.94. The van der Waals surface area contributed by atoms with E-state index < -0.39 is 0 Å². The van der Waals surface area contributed by atoms with Crippen molar-refractivity contribution in [2.24, 2.45) is 0 Å². The molecule has 1 aromatic carbocycles. The molecule has 0 aliphatic carbocycles. The van der Waals surface area contributed by atoms with Gasteiger partial charge in [0.15, 0.2) is 5.82 Å². The number of hydrogen-bond donors (Lipinski definition) is 2. The molecule has 1 aliphatic heterocycles. The lowest BCUT2D eigenvalue weighted by Gasteiger charge is -2.28. The molecule has 0 radical (unpaired) electrons. The molecule has 0 unspecified atom stereocenters. The summed E-state index contributed by atoms with van der Waals surface area (Å²) in [5.74, 6) is 2.21. The molecular weight excluding hydrogens is 410 g/mol. The van der Waals surface area contributed by atoms with Crippen LogP contribution in [0, 0.1) is 0 Å². The first-order valence-electron chi connectivity index (χ1n) is 10.3. The van der Waals surface area contributed by atoms with E-state index in [1.165, 1.54) is 0 Å². The summed E-state index contributed by atoms with van der Waals surface area (Å²) in [6, 6.07) is 7.73. The van der Waals surface area contributed by atoms with Gasteiger partial charge in [-0.05, 0) is 17.7 Å². The summed E-state index contributed by atoms with van der Waals surface area (Å²) in [5.41, 5.74) is 7.74. The third-order valence-electron chi connectivity index (χ3n) is 5.45. The molecule has 10 nitrogen and oxygen atoms in total. The maximum absolute atomic E-state index is 11.0. The maximum Gasteiger partial charge on any atom is 0.219 e. The fourth-order valence-electron chi connectivity index (χ4n) is 3.75. The second-order valence-electron chi connectivity index (χ2n) is 7.49. The van der Waals surface area contributed by atoms with Crippen LogP contribution in [-0.2, 0) is 11.3 Å². The molecule has 32 heavy (non-hydrogen) atoms. The summed E-state index contributed by atoms with van der Waals surface area (Å²) in [7, 11) is 1.63. The van der Waals surface area contributed by atoms with E-state index >= 15 is 0 Å². The largest absolute Gasteiger partial charge is 0.497 e. The van der Waals surface area contributed by atoms with Crippen LogP contribution in [0.3, 0.4) is 0 Å². The summed E-state index contributed by atoms with van der Waals surface area (Å²) in [4.78, 5) is 19.7. The van der Waals surface area contributed by atoms with Gasteiger partial charge in [0.25, 0.3) is 0 Å². The molecule has 0 bridgehead atoms. The number of methoxy groups -OCH3 is 1. The fraction of sp³-hybridized carbons (Fsp3) is 0.273. The van der Waals surface area contributed by atoms with Crippen LogP contribution in [-0.4, -0.2) is 63.0 Å². The Labute approximate surface area is 184 Å². The van der Waals surface area contributed by atoms with Gasteiger partial charge < -0.3 is 29.8 Å². The third-order valence-corrected chi connectivity index (χ3v) is 5.45. The molecule has 0 atom stereocenters. The van der Waals surface area contributed by atoms with E-state index in [1.54, 1.807) is 24.1 Å². The number of nitrogens with two attached hydrogens (primary N) is 1. The number of fused-ring (bicyclic) bond motifs is 1. The van der Waals surface area contributed by atoms with Crippen LogP contribution < -0.4 is 15.4 Å². The van der Waals surface area contributed by atoms with Gasteiger partial charge in [0, 0.05) is 31.7 Å². The Hall–Kier alpha value is -3.92. The first-order valence-corrected chi connectivity index (χ1v) is 10.3. The van der Waals surface area contributed by atoms with Crippen molar-refractivity contribution in [3.8, 4) is 23.0 Å². The van der Waals surface area contributed by atoms with Gasteiger partial charge in [-0.1, -0.05) is 12.1 Å². The summed E-state index contributed by atoms with van der Waals surface area (Å²) >= 11 is 0. The Bertz CT molecular complexity index is 1230. The van der Waals surface area contributed by atoms with Crippen molar-refractivity contribution in [2.45, 2.75) is 6.54 Å². The number of benzene rings is 1. The number of aromatic nitrogens is 5. The lowest BCUT2D eigenvalue weighted by molar-refractivity contribution is 0.122. The Balaban J connectivity index is 1.61. The monoisotopic (exact) mass is 433 g/mol. The number of anilines is 2. The van der Waals surface area contributed by atoms with Crippen LogP contribution in [0.2, 0.25) is 0 Å². The summed E-state index contributed by atoms with van der Waals surface area (Å²) in [5, 5.41) is 11.8. The van der Waals surface area contributed by atoms with E-state index in [0.29, 0.717) is 49.8 Å². The molecular formula is C22H23N7O3. The number of rotatable bonds is 5. The number of nitrogens with zero attached hydrogens (tertiary/aromatic N) is 6. The maximum atomic E-state index is 11.0. The number of hydrogen-bond acceptors (Lipinski definition) is 9. The SMILES string of the molecule is COc1ccc(Cn2cc3c(N4CCOCC4)nc(-c4cnc(N)nc4)nc3c2O)cc1. The van der Waals surface area contributed by atoms with E-state index in [2.05, 4.69) is 19.9 Å². The normalized spacial score (nSPS) is 14.1. The average molecular weight is 433 g/mol. The number of ether oxygens (including phenoxy) is 2. The second-order valence-corrected chi connectivity index (χ2v) is 7.49. The van der Waals surface area contributed by atoms with Crippen molar-refractivity contribution in [1.29, 1.82) is 0 Å². The zero-order valence-electron chi connectivity index (χ0n) is 17.6. The molecule has 4 heterocycles. The number of aromatic hydroxyl groups is 1. The molecule has 0 amide bonds. The van der Waals surface area contributed by atoms with Gasteiger partial charge in [0.2, 0.25) is 11.8 Å². The van der Waals surface area contributed by atoms with Gasteiger partial charge in [-0.25, -0.2) is 19.9 Å². The van der Waals surface area contributed by atoms with Crippen molar-refractivity contribution in [2.75, 3.05) is 44.0 Å². The highest BCUT2D eigenvalue weighted by Gasteiger charge is 2.22. The minimum atomic E-state index is 0.0744. The Morgan fingerprint density at radius 3 is 2.50 bits per heavy atom. The molecule has 1 saturated heterocycles. The van der Waals surface area contributed by atoms with Crippen molar-refractivity contribution >= 4 is 22.7 Å². The van der Waals surface area contributed by atoms with E-state index in [9.17, 15) is 5.11 Å². The van der Waals surface area contributed by atoms with E-state index in [4.69, 9.17) is 20.2 Å². The topological polar surface area (TPSA) is 124 Å². The molecule has 3 aromatic heterocycles. The molecule has 1 fully saturated rings. The van der Waals surface area contributed by atoms with Gasteiger partial charge in [0.1, 0.15) is 17.1 Å². The molecule has 10 heteroatoms. The lowest BCUT2D eigenvalue weighted by Crippen LogP contribution is -2.37. The van der Waals surface area contributed by atoms with Crippen LogP contribution in [0.25, 0.3) is 22.3 Å².